The van der Waals surface area contributed by atoms with Gasteiger partial charge >= 0.3 is 0 Å². The highest BCUT2D eigenvalue weighted by Crippen LogP contribution is 2.23. The fourth-order valence-corrected chi connectivity index (χ4v) is 2.82. The van der Waals surface area contributed by atoms with E-state index in [1.165, 1.54) is 45.3 Å². The topological polar surface area (TPSA) is 6.48 Å². The Hall–Kier alpha value is -0.0800. The van der Waals surface area contributed by atoms with Crippen molar-refractivity contribution in [2.45, 2.75) is 44.7 Å². The standard InChI is InChI=1S/C11H22N2/c1-10-6-8-12(2)9-11-5-3-4-7-13(10)11/h10-11H,3-9H2,1-2H3. The van der Waals surface area contributed by atoms with E-state index in [1.807, 2.05) is 0 Å². The fourth-order valence-electron chi connectivity index (χ4n) is 2.82. The summed E-state index contributed by atoms with van der Waals surface area (Å²) in [6.07, 6.45) is 5.65. The monoisotopic (exact) mass is 182 g/mol. The molecule has 2 atom stereocenters. The van der Waals surface area contributed by atoms with Crippen LogP contribution in [0.2, 0.25) is 0 Å². The fraction of sp³-hybridized carbons (Fsp3) is 1.00. The highest BCUT2D eigenvalue weighted by Gasteiger charge is 2.29. The van der Waals surface area contributed by atoms with Crippen LogP contribution >= 0.6 is 0 Å². The molecule has 0 bridgehead atoms. The third-order valence-electron chi connectivity index (χ3n) is 3.69. The molecule has 0 radical (unpaired) electrons. The van der Waals surface area contributed by atoms with Crippen LogP contribution in [0.15, 0.2) is 0 Å². The minimum absolute atomic E-state index is 0.815. The lowest BCUT2D eigenvalue weighted by Gasteiger charge is -2.38. The number of hydrogen-bond donors (Lipinski definition) is 0. The van der Waals surface area contributed by atoms with Crippen LogP contribution in [0.1, 0.15) is 32.6 Å². The molecule has 0 aromatic heterocycles. The van der Waals surface area contributed by atoms with Crippen LogP contribution in [-0.4, -0.2) is 48.6 Å². The molecular formula is C11H22N2. The van der Waals surface area contributed by atoms with E-state index in [1.54, 1.807) is 0 Å². The van der Waals surface area contributed by atoms with Gasteiger partial charge in [-0.3, -0.25) is 4.90 Å². The summed E-state index contributed by atoms with van der Waals surface area (Å²) in [6.45, 7) is 6.33. The molecule has 0 aromatic carbocycles. The van der Waals surface area contributed by atoms with Gasteiger partial charge in [-0.25, -0.2) is 0 Å². The van der Waals surface area contributed by atoms with Gasteiger partial charge in [0, 0.05) is 18.6 Å². The average Bonchev–Trinajstić information content (AvgIpc) is 2.27. The minimum atomic E-state index is 0.815. The van der Waals surface area contributed by atoms with Crippen LogP contribution in [0, 0.1) is 0 Å². The van der Waals surface area contributed by atoms with Gasteiger partial charge in [-0.05, 0) is 46.3 Å². The highest BCUT2D eigenvalue weighted by atomic mass is 15.3. The average molecular weight is 182 g/mol. The Morgan fingerprint density at radius 2 is 1.92 bits per heavy atom. The summed E-state index contributed by atoms with van der Waals surface area (Å²) in [4.78, 5) is 5.25. The molecule has 2 rings (SSSR count). The molecule has 0 aromatic rings. The molecular weight excluding hydrogens is 160 g/mol. The third kappa shape index (κ3) is 2.05. The lowest BCUT2D eigenvalue weighted by atomic mass is 10.0. The van der Waals surface area contributed by atoms with Crippen molar-refractivity contribution in [3.8, 4) is 0 Å². The second-order valence-corrected chi connectivity index (χ2v) is 4.79. The summed E-state index contributed by atoms with van der Waals surface area (Å²) in [5.74, 6) is 0. The van der Waals surface area contributed by atoms with Gasteiger partial charge in [0.25, 0.3) is 0 Å². The smallest absolute Gasteiger partial charge is 0.0225 e. The molecule has 2 saturated heterocycles. The first-order valence-corrected chi connectivity index (χ1v) is 5.71. The molecule has 2 nitrogen and oxygen atoms in total. The number of nitrogens with zero attached hydrogens (tertiary/aromatic N) is 2. The van der Waals surface area contributed by atoms with Crippen LogP contribution in [0.3, 0.4) is 0 Å². The Balaban J connectivity index is 2.04. The maximum atomic E-state index is 2.74. The van der Waals surface area contributed by atoms with Gasteiger partial charge in [0.1, 0.15) is 0 Å². The molecule has 76 valence electrons. The first-order valence-electron chi connectivity index (χ1n) is 5.71. The number of piperidine rings is 1. The molecule has 2 heteroatoms. The summed E-state index contributed by atoms with van der Waals surface area (Å²) in [5.41, 5.74) is 0. The van der Waals surface area contributed by atoms with E-state index >= 15 is 0 Å². The van der Waals surface area contributed by atoms with Crippen molar-refractivity contribution in [1.29, 1.82) is 0 Å². The van der Waals surface area contributed by atoms with Crippen LogP contribution in [0.25, 0.3) is 0 Å². The number of hydrogen-bond acceptors (Lipinski definition) is 2. The molecule has 2 aliphatic rings. The second-order valence-electron chi connectivity index (χ2n) is 4.79. The van der Waals surface area contributed by atoms with Crippen molar-refractivity contribution in [2.24, 2.45) is 0 Å². The van der Waals surface area contributed by atoms with Gasteiger partial charge in [0.2, 0.25) is 0 Å². The SMILES string of the molecule is CC1CCN(C)CC2CCCCN12. The van der Waals surface area contributed by atoms with Crippen LogP contribution in [0.4, 0.5) is 0 Å². The Bertz CT molecular complexity index is 169. The van der Waals surface area contributed by atoms with Crippen molar-refractivity contribution in [1.82, 2.24) is 9.80 Å². The summed E-state index contributed by atoms with van der Waals surface area (Å²) in [5, 5.41) is 0. The molecule has 0 N–H and O–H groups in total. The van der Waals surface area contributed by atoms with Gasteiger partial charge in [-0.2, -0.15) is 0 Å². The first kappa shape index (κ1) is 9.47. The number of fused-ring (bicyclic) bond motifs is 1. The van der Waals surface area contributed by atoms with Gasteiger partial charge in [-0.1, -0.05) is 6.42 Å². The van der Waals surface area contributed by atoms with Gasteiger partial charge < -0.3 is 4.90 Å². The zero-order valence-corrected chi connectivity index (χ0v) is 9.00. The predicted molar refractivity (Wildman–Crippen MR) is 55.9 cm³/mol. The van der Waals surface area contributed by atoms with Gasteiger partial charge in [0.05, 0.1) is 0 Å². The largest absolute Gasteiger partial charge is 0.305 e. The summed E-state index contributed by atoms with van der Waals surface area (Å²) in [6, 6.07) is 1.67. The van der Waals surface area contributed by atoms with Crippen molar-refractivity contribution in [2.75, 3.05) is 26.7 Å². The zero-order chi connectivity index (χ0) is 9.26. The van der Waals surface area contributed by atoms with E-state index in [9.17, 15) is 0 Å². The second kappa shape index (κ2) is 3.97. The van der Waals surface area contributed by atoms with E-state index in [0.717, 1.165) is 12.1 Å². The van der Waals surface area contributed by atoms with Crippen molar-refractivity contribution < 1.29 is 0 Å². The van der Waals surface area contributed by atoms with Crippen molar-refractivity contribution in [3.05, 3.63) is 0 Å². The quantitative estimate of drug-likeness (QED) is 0.561. The highest BCUT2D eigenvalue weighted by molar-refractivity contribution is 4.85. The Morgan fingerprint density at radius 1 is 1.08 bits per heavy atom. The summed E-state index contributed by atoms with van der Waals surface area (Å²) in [7, 11) is 2.27. The molecule has 2 unspecified atom stereocenters. The zero-order valence-electron chi connectivity index (χ0n) is 9.00. The van der Waals surface area contributed by atoms with Crippen molar-refractivity contribution >= 4 is 0 Å². The maximum absolute atomic E-state index is 2.74. The predicted octanol–water partition coefficient (Wildman–Crippen LogP) is 1.56. The van der Waals surface area contributed by atoms with Crippen molar-refractivity contribution in [3.63, 3.8) is 0 Å². The van der Waals surface area contributed by atoms with E-state index < -0.39 is 0 Å². The first-order chi connectivity index (χ1) is 6.27. The van der Waals surface area contributed by atoms with E-state index in [-0.39, 0.29) is 0 Å². The molecule has 2 aliphatic heterocycles. The van der Waals surface area contributed by atoms with Gasteiger partial charge in [-0.15, -0.1) is 0 Å². The van der Waals surface area contributed by atoms with E-state index in [0.29, 0.717) is 0 Å². The van der Waals surface area contributed by atoms with Crippen LogP contribution < -0.4 is 0 Å². The molecule has 0 amide bonds. The molecule has 2 fully saturated rings. The number of rotatable bonds is 0. The van der Waals surface area contributed by atoms with Gasteiger partial charge in [0.15, 0.2) is 0 Å². The Labute approximate surface area is 81.9 Å². The lowest BCUT2D eigenvalue weighted by Crippen LogP contribution is -2.46. The summed E-state index contributed by atoms with van der Waals surface area (Å²) >= 11 is 0. The normalized spacial score (nSPS) is 38.3. The van der Waals surface area contributed by atoms with Crippen LogP contribution in [-0.2, 0) is 0 Å². The Kier molecular flexibility index (Phi) is 2.89. The maximum Gasteiger partial charge on any atom is 0.0225 e. The summed E-state index contributed by atoms with van der Waals surface area (Å²) < 4.78 is 0. The van der Waals surface area contributed by atoms with E-state index in [4.69, 9.17) is 0 Å². The number of likely N-dealkylation sites (N-methyl/N-ethyl adjacent to an activating group) is 1. The molecule has 0 saturated carbocycles. The minimum Gasteiger partial charge on any atom is -0.305 e. The van der Waals surface area contributed by atoms with E-state index in [2.05, 4.69) is 23.8 Å². The molecule has 2 heterocycles. The molecule has 0 aliphatic carbocycles. The molecule has 0 spiro atoms. The Morgan fingerprint density at radius 3 is 2.77 bits per heavy atom. The lowest BCUT2D eigenvalue weighted by molar-refractivity contribution is 0.105. The third-order valence-corrected chi connectivity index (χ3v) is 3.69. The molecule has 13 heavy (non-hydrogen) atoms. The van der Waals surface area contributed by atoms with Crippen LogP contribution in [0.5, 0.6) is 0 Å².